The molecule has 0 aromatic carbocycles. The van der Waals surface area contributed by atoms with Crippen LogP contribution >= 0.6 is 11.3 Å². The lowest BCUT2D eigenvalue weighted by atomic mass is 9.84. The molecule has 5 nitrogen and oxygen atoms in total. The van der Waals surface area contributed by atoms with Gasteiger partial charge in [-0.25, -0.2) is 17.9 Å². The summed E-state index contributed by atoms with van der Waals surface area (Å²) in [5.41, 5.74) is 0.0647. The van der Waals surface area contributed by atoms with Crippen molar-refractivity contribution in [2.75, 3.05) is 0 Å². The van der Waals surface area contributed by atoms with Gasteiger partial charge in [0.1, 0.15) is 9.09 Å². The summed E-state index contributed by atoms with van der Waals surface area (Å²) in [6.07, 6.45) is 4.81. The van der Waals surface area contributed by atoms with Crippen LogP contribution in [0.3, 0.4) is 0 Å². The summed E-state index contributed by atoms with van der Waals surface area (Å²) in [6, 6.07) is 1.43. The number of hydrogen-bond donors (Lipinski definition) is 2. The highest BCUT2D eigenvalue weighted by Gasteiger charge is 2.33. The van der Waals surface area contributed by atoms with E-state index >= 15 is 0 Å². The maximum absolute atomic E-state index is 12.4. The van der Waals surface area contributed by atoms with E-state index < -0.39 is 21.5 Å². The number of carboxylic acid groups (broad SMARTS) is 1. The molecule has 0 atom stereocenters. The van der Waals surface area contributed by atoms with Gasteiger partial charge in [-0.3, -0.25) is 0 Å². The first-order chi connectivity index (χ1) is 9.23. The number of sulfonamides is 1. The van der Waals surface area contributed by atoms with E-state index in [0.717, 1.165) is 43.4 Å². The minimum atomic E-state index is -3.65. The average molecular weight is 317 g/mol. The van der Waals surface area contributed by atoms with E-state index in [0.29, 0.717) is 5.56 Å². The second kappa shape index (κ2) is 5.46. The van der Waals surface area contributed by atoms with Crippen LogP contribution in [0.4, 0.5) is 0 Å². The number of thiophene rings is 1. The highest BCUT2D eigenvalue weighted by atomic mass is 32.2. The van der Waals surface area contributed by atoms with Gasteiger partial charge < -0.3 is 5.11 Å². The summed E-state index contributed by atoms with van der Waals surface area (Å²) >= 11 is 0.812. The molecule has 2 N–H and O–H groups in total. The molecule has 0 saturated heterocycles. The van der Waals surface area contributed by atoms with Gasteiger partial charge in [0.05, 0.1) is 0 Å². The summed E-state index contributed by atoms with van der Waals surface area (Å²) in [5.74, 6) is -1.09. The van der Waals surface area contributed by atoms with Crippen molar-refractivity contribution in [1.29, 1.82) is 0 Å². The molecular weight excluding hydrogens is 298 g/mol. The number of nitrogens with one attached hydrogen (secondary N) is 1. The van der Waals surface area contributed by atoms with E-state index in [1.165, 1.54) is 6.07 Å². The van der Waals surface area contributed by atoms with Crippen molar-refractivity contribution in [2.24, 2.45) is 0 Å². The molecule has 1 heterocycles. The summed E-state index contributed by atoms with van der Waals surface area (Å²) in [5, 5.41) is 9.01. The van der Waals surface area contributed by atoms with Crippen molar-refractivity contribution in [3.63, 3.8) is 0 Å². The van der Waals surface area contributed by atoms with Gasteiger partial charge in [-0.15, -0.1) is 11.3 Å². The standard InChI is InChI=1S/C13H19NO4S2/c1-9-8-10(19-11(9)12(15)16)20(17,18)14-13(2)6-4-3-5-7-13/h8,14H,3-7H2,1-2H3,(H,15,16). The second-order valence-electron chi connectivity index (χ2n) is 5.61. The Morgan fingerprint density at radius 2 is 1.95 bits per heavy atom. The molecule has 0 spiro atoms. The lowest BCUT2D eigenvalue weighted by Gasteiger charge is -2.33. The Kier molecular flexibility index (Phi) is 4.22. The number of aryl methyl sites for hydroxylation is 1. The topological polar surface area (TPSA) is 83.5 Å². The zero-order chi connectivity index (χ0) is 15.0. The number of carboxylic acids is 1. The third-order valence-corrected chi connectivity index (χ3v) is 7.03. The molecule has 112 valence electrons. The highest BCUT2D eigenvalue weighted by Crippen LogP contribution is 2.31. The van der Waals surface area contributed by atoms with E-state index in [1.54, 1.807) is 6.92 Å². The molecule has 1 aliphatic carbocycles. The summed E-state index contributed by atoms with van der Waals surface area (Å²) < 4.78 is 27.6. The zero-order valence-corrected chi connectivity index (χ0v) is 13.2. The molecule has 2 rings (SSSR count). The molecule has 0 unspecified atom stereocenters. The molecule has 1 aromatic rings. The third kappa shape index (κ3) is 3.21. The molecule has 0 amide bonds. The van der Waals surface area contributed by atoms with Crippen molar-refractivity contribution in [1.82, 2.24) is 4.72 Å². The Labute approximate surface area is 123 Å². The maximum atomic E-state index is 12.4. The van der Waals surface area contributed by atoms with Crippen molar-refractivity contribution < 1.29 is 18.3 Å². The van der Waals surface area contributed by atoms with E-state index in [9.17, 15) is 13.2 Å². The van der Waals surface area contributed by atoms with Crippen LogP contribution in [0.5, 0.6) is 0 Å². The van der Waals surface area contributed by atoms with Crippen LogP contribution in [0.15, 0.2) is 10.3 Å². The molecule has 20 heavy (non-hydrogen) atoms. The first-order valence-electron chi connectivity index (χ1n) is 6.61. The van der Waals surface area contributed by atoms with Gasteiger partial charge in [-0.1, -0.05) is 19.3 Å². The Bertz CT molecular complexity index is 612. The fourth-order valence-corrected chi connectivity index (χ4v) is 5.45. The molecule has 1 aliphatic rings. The lowest BCUT2D eigenvalue weighted by Crippen LogP contribution is -2.46. The maximum Gasteiger partial charge on any atom is 0.346 e. The molecule has 0 radical (unpaired) electrons. The predicted octanol–water partition coefficient (Wildman–Crippen LogP) is 2.76. The summed E-state index contributed by atoms with van der Waals surface area (Å²) in [4.78, 5) is 11.1. The van der Waals surface area contributed by atoms with Gasteiger partial charge in [0, 0.05) is 5.54 Å². The molecule has 0 aliphatic heterocycles. The monoisotopic (exact) mass is 317 g/mol. The van der Waals surface area contributed by atoms with Crippen LogP contribution in [0, 0.1) is 6.92 Å². The van der Waals surface area contributed by atoms with Crippen LogP contribution in [0.1, 0.15) is 54.3 Å². The summed E-state index contributed by atoms with van der Waals surface area (Å²) in [6.45, 7) is 3.53. The smallest absolute Gasteiger partial charge is 0.346 e. The van der Waals surface area contributed by atoms with Gasteiger partial charge >= 0.3 is 5.97 Å². The SMILES string of the molecule is Cc1cc(S(=O)(=O)NC2(C)CCCCC2)sc1C(=O)O. The predicted molar refractivity (Wildman–Crippen MR) is 77.8 cm³/mol. The minimum absolute atomic E-state index is 0.0826. The molecule has 1 aromatic heterocycles. The number of aromatic carboxylic acids is 1. The van der Waals surface area contributed by atoms with Gasteiger partial charge in [-0.05, 0) is 38.3 Å². The van der Waals surface area contributed by atoms with Crippen molar-refractivity contribution in [3.05, 3.63) is 16.5 Å². The fourth-order valence-electron chi connectivity index (χ4n) is 2.61. The Hall–Kier alpha value is -0.920. The Morgan fingerprint density at radius 3 is 2.45 bits per heavy atom. The Morgan fingerprint density at radius 1 is 1.35 bits per heavy atom. The second-order valence-corrected chi connectivity index (χ2v) is 8.57. The zero-order valence-electron chi connectivity index (χ0n) is 11.6. The van der Waals surface area contributed by atoms with Gasteiger partial charge in [0.25, 0.3) is 10.0 Å². The first kappa shape index (κ1) is 15.5. The summed E-state index contributed by atoms with van der Waals surface area (Å²) in [7, 11) is -3.65. The van der Waals surface area contributed by atoms with Gasteiger partial charge in [-0.2, -0.15) is 0 Å². The largest absolute Gasteiger partial charge is 0.477 e. The van der Waals surface area contributed by atoms with Crippen LogP contribution in [0.25, 0.3) is 0 Å². The Balaban J connectivity index is 2.26. The molecule has 0 bridgehead atoms. The quantitative estimate of drug-likeness (QED) is 0.894. The molecule has 1 fully saturated rings. The van der Waals surface area contributed by atoms with Crippen LogP contribution in [0.2, 0.25) is 0 Å². The first-order valence-corrected chi connectivity index (χ1v) is 8.91. The fraction of sp³-hybridized carbons (Fsp3) is 0.615. The van der Waals surface area contributed by atoms with Crippen LogP contribution < -0.4 is 4.72 Å². The minimum Gasteiger partial charge on any atom is -0.477 e. The number of carbonyl (C=O) groups is 1. The van der Waals surface area contributed by atoms with Crippen LogP contribution in [-0.2, 0) is 10.0 Å². The molecular formula is C13H19NO4S2. The normalized spacial score (nSPS) is 18.9. The third-order valence-electron chi connectivity index (χ3n) is 3.69. The lowest BCUT2D eigenvalue weighted by molar-refractivity contribution is 0.0701. The van der Waals surface area contributed by atoms with E-state index in [4.69, 9.17) is 5.11 Å². The average Bonchev–Trinajstić information content (AvgIpc) is 2.72. The van der Waals surface area contributed by atoms with Crippen LogP contribution in [-0.4, -0.2) is 25.0 Å². The highest BCUT2D eigenvalue weighted by molar-refractivity contribution is 7.91. The van der Waals surface area contributed by atoms with Crippen molar-refractivity contribution in [3.8, 4) is 0 Å². The van der Waals surface area contributed by atoms with Gasteiger partial charge in [0.2, 0.25) is 0 Å². The number of hydrogen-bond acceptors (Lipinski definition) is 4. The molecule has 1 saturated carbocycles. The van der Waals surface area contributed by atoms with Gasteiger partial charge in [0.15, 0.2) is 0 Å². The van der Waals surface area contributed by atoms with Crippen molar-refractivity contribution in [2.45, 2.75) is 55.7 Å². The van der Waals surface area contributed by atoms with E-state index in [2.05, 4.69) is 4.72 Å². The van der Waals surface area contributed by atoms with Crippen molar-refractivity contribution >= 4 is 27.3 Å². The van der Waals surface area contributed by atoms with E-state index in [-0.39, 0.29) is 9.09 Å². The molecule has 7 heteroatoms. The number of rotatable bonds is 4. The van der Waals surface area contributed by atoms with E-state index in [1.807, 2.05) is 6.92 Å².